The van der Waals surface area contributed by atoms with Gasteiger partial charge in [0, 0.05) is 39.2 Å². The van der Waals surface area contributed by atoms with Gasteiger partial charge in [-0.3, -0.25) is 13.9 Å². The summed E-state index contributed by atoms with van der Waals surface area (Å²) in [4.78, 5) is 31.1. The Labute approximate surface area is 177 Å². The van der Waals surface area contributed by atoms with Crippen LogP contribution < -0.4 is 5.69 Å². The van der Waals surface area contributed by atoms with Crippen molar-refractivity contribution in [3.63, 3.8) is 0 Å². The highest BCUT2D eigenvalue weighted by Gasteiger charge is 2.47. The van der Waals surface area contributed by atoms with Crippen LogP contribution in [0.15, 0.2) is 33.8 Å². The maximum absolute atomic E-state index is 14.9. The zero-order chi connectivity index (χ0) is 22.6. The van der Waals surface area contributed by atoms with Gasteiger partial charge in [-0.15, -0.1) is 0 Å². The number of carbonyl (C=O) groups is 1. The Morgan fingerprint density at radius 2 is 2.03 bits per heavy atom. The molecule has 1 unspecified atom stereocenters. The normalized spacial score (nSPS) is 19.2. The summed E-state index contributed by atoms with van der Waals surface area (Å²) in [5.41, 5.74) is 0.790. The number of piperidine rings is 1. The Morgan fingerprint density at radius 3 is 2.68 bits per heavy atom. The fourth-order valence-corrected chi connectivity index (χ4v) is 3.99. The van der Waals surface area contributed by atoms with Gasteiger partial charge in [-0.25, -0.2) is 18.6 Å². The summed E-state index contributed by atoms with van der Waals surface area (Å²) in [7, 11) is 1.58. The molecule has 10 heteroatoms. The molecule has 0 aromatic carbocycles. The van der Waals surface area contributed by atoms with Crippen LogP contribution in [-0.4, -0.2) is 49.1 Å². The highest BCUT2D eigenvalue weighted by Crippen LogP contribution is 2.40. The number of fused-ring (bicyclic) bond motifs is 1. The molecule has 0 spiro atoms. The standard InChI is InChI=1S/C21H25F2N5O3/c1-20(2,3)12-28-16-6-5-14(24-17(16)26(4)19(28)30)13-11-27(9-8-21(13,22)23)18(29)15-7-10-31-25-15/h5-7,10,13H,8-9,11-12H2,1-4H3. The number of likely N-dealkylation sites (tertiary alicyclic amines) is 1. The van der Waals surface area contributed by atoms with Crippen LogP contribution in [0.4, 0.5) is 8.78 Å². The molecule has 0 N–H and O–H groups in total. The quantitative estimate of drug-likeness (QED) is 0.634. The molecule has 1 fully saturated rings. The molecular formula is C21H25F2N5O3. The van der Waals surface area contributed by atoms with E-state index in [2.05, 4.69) is 10.1 Å². The van der Waals surface area contributed by atoms with E-state index >= 15 is 0 Å². The first-order valence-corrected chi connectivity index (χ1v) is 10.1. The molecule has 1 amide bonds. The van der Waals surface area contributed by atoms with E-state index < -0.39 is 24.2 Å². The SMILES string of the molecule is Cn1c(=O)n(CC(C)(C)C)c2ccc(C3CN(C(=O)c4ccon4)CCC3(F)F)nc21. The van der Waals surface area contributed by atoms with Crippen molar-refractivity contribution in [3.8, 4) is 0 Å². The first-order valence-electron chi connectivity index (χ1n) is 10.1. The highest BCUT2D eigenvalue weighted by atomic mass is 19.3. The summed E-state index contributed by atoms with van der Waals surface area (Å²) in [6, 6.07) is 4.60. The lowest BCUT2D eigenvalue weighted by Gasteiger charge is -2.37. The van der Waals surface area contributed by atoms with Crippen LogP contribution in [-0.2, 0) is 13.6 Å². The largest absolute Gasteiger partial charge is 0.364 e. The maximum Gasteiger partial charge on any atom is 0.330 e. The molecule has 8 nitrogen and oxygen atoms in total. The number of halogens is 2. The number of rotatable bonds is 3. The van der Waals surface area contributed by atoms with Crippen LogP contribution in [0.5, 0.6) is 0 Å². The molecule has 31 heavy (non-hydrogen) atoms. The van der Waals surface area contributed by atoms with Crippen molar-refractivity contribution in [2.75, 3.05) is 13.1 Å². The van der Waals surface area contributed by atoms with Crippen LogP contribution in [0, 0.1) is 5.41 Å². The Balaban J connectivity index is 1.71. The maximum atomic E-state index is 14.9. The number of hydrogen-bond donors (Lipinski definition) is 0. The summed E-state index contributed by atoms with van der Waals surface area (Å²) >= 11 is 0. The molecule has 166 valence electrons. The summed E-state index contributed by atoms with van der Waals surface area (Å²) in [5.74, 6) is -4.78. The zero-order valence-corrected chi connectivity index (χ0v) is 17.9. The van der Waals surface area contributed by atoms with Crippen LogP contribution in [0.1, 0.15) is 49.3 Å². The van der Waals surface area contributed by atoms with E-state index in [1.54, 1.807) is 17.7 Å². The Hall–Kier alpha value is -3.04. The van der Waals surface area contributed by atoms with Crippen molar-refractivity contribution < 1.29 is 18.1 Å². The van der Waals surface area contributed by atoms with Crippen LogP contribution >= 0.6 is 0 Å². The number of hydrogen-bond acceptors (Lipinski definition) is 5. The van der Waals surface area contributed by atoms with Gasteiger partial charge in [-0.05, 0) is 17.5 Å². The van der Waals surface area contributed by atoms with E-state index in [0.29, 0.717) is 17.7 Å². The Morgan fingerprint density at radius 1 is 1.29 bits per heavy atom. The van der Waals surface area contributed by atoms with Gasteiger partial charge >= 0.3 is 5.69 Å². The van der Waals surface area contributed by atoms with Crippen LogP contribution in [0.25, 0.3) is 11.2 Å². The van der Waals surface area contributed by atoms with Gasteiger partial charge < -0.3 is 9.42 Å². The fourth-order valence-electron chi connectivity index (χ4n) is 3.99. The molecule has 4 rings (SSSR count). The fraction of sp³-hybridized carbons (Fsp3) is 0.524. The van der Waals surface area contributed by atoms with Crippen LogP contribution in [0.2, 0.25) is 0 Å². The Bertz CT molecular complexity index is 1170. The number of pyridine rings is 1. The average Bonchev–Trinajstić information content (AvgIpc) is 3.30. The van der Waals surface area contributed by atoms with E-state index in [4.69, 9.17) is 4.52 Å². The minimum atomic E-state index is -3.03. The molecule has 0 aliphatic carbocycles. The first kappa shape index (κ1) is 21.2. The lowest BCUT2D eigenvalue weighted by molar-refractivity contribution is -0.0705. The molecular weight excluding hydrogens is 408 g/mol. The number of aryl methyl sites for hydroxylation is 1. The topological polar surface area (TPSA) is 86.2 Å². The number of alkyl halides is 2. The predicted octanol–water partition coefficient (Wildman–Crippen LogP) is 3.03. The van der Waals surface area contributed by atoms with Gasteiger partial charge in [0.1, 0.15) is 6.26 Å². The summed E-state index contributed by atoms with van der Waals surface area (Å²) < 4.78 is 37.4. The Kier molecular flexibility index (Phi) is 4.98. The van der Waals surface area contributed by atoms with Crippen molar-refractivity contribution >= 4 is 17.1 Å². The van der Waals surface area contributed by atoms with Gasteiger partial charge in [-0.1, -0.05) is 25.9 Å². The molecule has 1 aliphatic rings. The summed E-state index contributed by atoms with van der Waals surface area (Å²) in [6.45, 7) is 6.24. The number of imidazole rings is 1. The monoisotopic (exact) mass is 433 g/mol. The summed E-state index contributed by atoms with van der Waals surface area (Å²) in [6.07, 6.45) is 0.784. The van der Waals surface area contributed by atoms with Crippen molar-refractivity contribution in [3.05, 3.63) is 46.3 Å². The van der Waals surface area contributed by atoms with Crippen molar-refractivity contribution in [2.45, 2.75) is 45.6 Å². The second kappa shape index (κ2) is 7.28. The van der Waals surface area contributed by atoms with E-state index in [1.807, 2.05) is 20.8 Å². The molecule has 0 bridgehead atoms. The third-order valence-electron chi connectivity index (χ3n) is 5.56. The van der Waals surface area contributed by atoms with Crippen molar-refractivity contribution in [1.29, 1.82) is 0 Å². The van der Waals surface area contributed by atoms with E-state index in [1.165, 1.54) is 27.9 Å². The van der Waals surface area contributed by atoms with Gasteiger partial charge in [-0.2, -0.15) is 0 Å². The lowest BCUT2D eigenvalue weighted by atomic mass is 9.90. The second-order valence-electron chi connectivity index (χ2n) is 9.27. The third-order valence-corrected chi connectivity index (χ3v) is 5.56. The summed E-state index contributed by atoms with van der Waals surface area (Å²) in [5, 5.41) is 3.61. The minimum absolute atomic E-state index is 0.0778. The molecule has 1 saturated heterocycles. The van der Waals surface area contributed by atoms with Gasteiger partial charge in [0.2, 0.25) is 0 Å². The van der Waals surface area contributed by atoms with Crippen LogP contribution in [0.3, 0.4) is 0 Å². The van der Waals surface area contributed by atoms with E-state index in [0.717, 1.165) is 0 Å². The third kappa shape index (κ3) is 3.86. The van der Waals surface area contributed by atoms with Gasteiger partial charge in [0.05, 0.1) is 17.1 Å². The smallest absolute Gasteiger partial charge is 0.330 e. The number of nitrogens with zero attached hydrogens (tertiary/aromatic N) is 5. The molecule has 3 aromatic heterocycles. The molecule has 4 heterocycles. The van der Waals surface area contributed by atoms with E-state index in [-0.39, 0.29) is 35.6 Å². The van der Waals surface area contributed by atoms with Gasteiger partial charge in [0.15, 0.2) is 11.3 Å². The minimum Gasteiger partial charge on any atom is -0.364 e. The molecule has 3 aromatic rings. The number of aromatic nitrogens is 4. The van der Waals surface area contributed by atoms with E-state index in [9.17, 15) is 18.4 Å². The first-order chi connectivity index (χ1) is 14.5. The zero-order valence-electron chi connectivity index (χ0n) is 17.9. The average molecular weight is 433 g/mol. The van der Waals surface area contributed by atoms with Crippen molar-refractivity contribution in [2.24, 2.45) is 12.5 Å². The van der Waals surface area contributed by atoms with Crippen molar-refractivity contribution in [1.82, 2.24) is 24.2 Å². The lowest BCUT2D eigenvalue weighted by Crippen LogP contribution is -2.48. The molecule has 1 atom stereocenters. The molecule has 0 saturated carbocycles. The molecule has 0 radical (unpaired) electrons. The second-order valence-corrected chi connectivity index (χ2v) is 9.27. The van der Waals surface area contributed by atoms with Gasteiger partial charge in [0.25, 0.3) is 11.8 Å². The highest BCUT2D eigenvalue weighted by molar-refractivity contribution is 5.92. The number of carbonyl (C=O) groups excluding carboxylic acids is 1. The number of amides is 1. The molecule has 1 aliphatic heterocycles. The predicted molar refractivity (Wildman–Crippen MR) is 109 cm³/mol.